The van der Waals surface area contributed by atoms with E-state index < -0.39 is 0 Å². The van der Waals surface area contributed by atoms with Gasteiger partial charge < -0.3 is 5.32 Å². The Morgan fingerprint density at radius 2 is 1.95 bits per heavy atom. The summed E-state index contributed by atoms with van der Waals surface area (Å²) < 4.78 is 0. The van der Waals surface area contributed by atoms with E-state index in [-0.39, 0.29) is 6.04 Å². The van der Waals surface area contributed by atoms with Gasteiger partial charge in [-0.15, -0.1) is 0 Å². The largest absolute Gasteiger partial charge is 0.363 e. The number of nitrogens with one attached hydrogen (secondary N) is 1. The van der Waals surface area contributed by atoms with E-state index in [1.54, 1.807) is 0 Å². The number of halogens is 1. The van der Waals surface area contributed by atoms with Crippen molar-refractivity contribution in [3.8, 4) is 0 Å². The first-order valence-electron chi connectivity index (χ1n) is 6.54. The molecule has 0 aliphatic carbocycles. The van der Waals surface area contributed by atoms with Crippen molar-refractivity contribution >= 4 is 17.4 Å². The molecule has 3 nitrogen and oxygen atoms in total. The molecule has 2 aromatic rings. The number of rotatable bonds is 5. The van der Waals surface area contributed by atoms with E-state index in [0.717, 1.165) is 24.4 Å². The minimum atomic E-state index is 0.182. The van der Waals surface area contributed by atoms with Crippen LogP contribution in [-0.4, -0.2) is 9.97 Å². The highest BCUT2D eigenvalue weighted by atomic mass is 35.5. The molecule has 0 bridgehead atoms. The molecule has 4 heteroatoms. The van der Waals surface area contributed by atoms with Gasteiger partial charge in [0.2, 0.25) is 5.28 Å². The van der Waals surface area contributed by atoms with Crippen LogP contribution in [-0.2, 0) is 6.42 Å². The lowest BCUT2D eigenvalue weighted by atomic mass is 10.1. The number of benzene rings is 1. The number of hydrogen-bond acceptors (Lipinski definition) is 3. The Morgan fingerprint density at radius 3 is 2.63 bits per heavy atom. The van der Waals surface area contributed by atoms with Crippen molar-refractivity contribution in [2.45, 2.75) is 32.7 Å². The number of aryl methyl sites for hydroxylation is 1. The first-order valence-corrected chi connectivity index (χ1v) is 6.91. The lowest BCUT2D eigenvalue weighted by Gasteiger charge is -2.15. The van der Waals surface area contributed by atoms with Gasteiger partial charge in [0.1, 0.15) is 5.82 Å². The van der Waals surface area contributed by atoms with Crippen molar-refractivity contribution in [1.82, 2.24) is 9.97 Å². The van der Waals surface area contributed by atoms with E-state index in [1.807, 2.05) is 24.3 Å². The Balaban J connectivity index is 2.14. The van der Waals surface area contributed by atoms with Gasteiger partial charge >= 0.3 is 0 Å². The second-order valence-electron chi connectivity index (χ2n) is 4.54. The van der Waals surface area contributed by atoms with E-state index in [0.29, 0.717) is 5.28 Å². The fraction of sp³-hybridized carbons (Fsp3) is 0.333. The molecule has 1 N–H and O–H groups in total. The summed E-state index contributed by atoms with van der Waals surface area (Å²) in [4.78, 5) is 8.44. The molecule has 0 amide bonds. The van der Waals surface area contributed by atoms with Gasteiger partial charge in [-0.05, 0) is 30.5 Å². The molecular weight excluding hydrogens is 258 g/mol. The van der Waals surface area contributed by atoms with Crippen molar-refractivity contribution in [1.29, 1.82) is 0 Å². The quantitative estimate of drug-likeness (QED) is 0.829. The third kappa shape index (κ3) is 3.93. The smallest absolute Gasteiger partial charge is 0.224 e. The molecule has 0 fully saturated rings. The minimum absolute atomic E-state index is 0.182. The highest BCUT2D eigenvalue weighted by Crippen LogP contribution is 2.19. The summed E-state index contributed by atoms with van der Waals surface area (Å²) in [7, 11) is 0. The second kappa shape index (κ2) is 6.53. The van der Waals surface area contributed by atoms with Crippen molar-refractivity contribution in [2.24, 2.45) is 0 Å². The molecule has 0 aliphatic heterocycles. The lowest BCUT2D eigenvalue weighted by molar-refractivity contribution is 0.849. The summed E-state index contributed by atoms with van der Waals surface area (Å²) in [5.74, 6) is 0.778. The summed E-state index contributed by atoms with van der Waals surface area (Å²) in [5.41, 5.74) is 2.19. The molecule has 1 aromatic heterocycles. The van der Waals surface area contributed by atoms with Gasteiger partial charge in [-0.3, -0.25) is 0 Å². The van der Waals surface area contributed by atoms with Crippen LogP contribution >= 0.6 is 11.6 Å². The highest BCUT2D eigenvalue weighted by Gasteiger charge is 2.08. The van der Waals surface area contributed by atoms with Crippen LogP contribution in [0.25, 0.3) is 0 Å². The van der Waals surface area contributed by atoms with Crippen molar-refractivity contribution in [2.75, 3.05) is 5.32 Å². The lowest BCUT2D eigenvalue weighted by Crippen LogP contribution is -2.09. The van der Waals surface area contributed by atoms with Gasteiger partial charge in [0.15, 0.2) is 0 Å². The SMILES string of the molecule is CCCc1cc(NC(C)c2ccccc2)nc(Cl)n1. The zero-order chi connectivity index (χ0) is 13.7. The standard InChI is InChI=1S/C15H18ClN3/c1-3-7-13-10-14(19-15(16)18-13)17-11(2)12-8-5-4-6-9-12/h4-6,8-11H,3,7H2,1-2H3,(H,17,18,19). The van der Waals surface area contributed by atoms with Gasteiger partial charge in [-0.2, -0.15) is 0 Å². The van der Waals surface area contributed by atoms with Crippen LogP contribution in [0.2, 0.25) is 5.28 Å². The molecule has 0 saturated carbocycles. The zero-order valence-corrected chi connectivity index (χ0v) is 12.0. The normalized spacial score (nSPS) is 12.2. The van der Waals surface area contributed by atoms with E-state index >= 15 is 0 Å². The Morgan fingerprint density at radius 1 is 1.21 bits per heavy atom. The van der Waals surface area contributed by atoms with Crippen LogP contribution in [0, 0.1) is 0 Å². The van der Waals surface area contributed by atoms with Crippen LogP contribution in [0.3, 0.4) is 0 Å². The van der Waals surface area contributed by atoms with E-state index in [9.17, 15) is 0 Å². The zero-order valence-electron chi connectivity index (χ0n) is 11.2. The molecule has 2 rings (SSSR count). The molecule has 0 spiro atoms. The third-order valence-corrected chi connectivity index (χ3v) is 3.09. The van der Waals surface area contributed by atoms with Crippen LogP contribution in [0.5, 0.6) is 0 Å². The summed E-state index contributed by atoms with van der Waals surface area (Å²) in [6.45, 7) is 4.22. The second-order valence-corrected chi connectivity index (χ2v) is 4.88. The van der Waals surface area contributed by atoms with Gasteiger partial charge in [0.05, 0.1) is 0 Å². The van der Waals surface area contributed by atoms with Crippen molar-refractivity contribution in [3.05, 3.63) is 52.9 Å². The van der Waals surface area contributed by atoms with Gasteiger partial charge in [-0.25, -0.2) is 9.97 Å². The Hall–Kier alpha value is -1.61. The number of anilines is 1. The number of aromatic nitrogens is 2. The minimum Gasteiger partial charge on any atom is -0.363 e. The van der Waals surface area contributed by atoms with Crippen LogP contribution in [0.4, 0.5) is 5.82 Å². The molecule has 0 aliphatic rings. The molecule has 19 heavy (non-hydrogen) atoms. The summed E-state index contributed by atoms with van der Waals surface area (Å²) >= 11 is 5.95. The molecular formula is C15H18ClN3. The predicted octanol–water partition coefficient (Wildman–Crippen LogP) is 4.26. The first-order chi connectivity index (χ1) is 9.19. The van der Waals surface area contributed by atoms with Crippen molar-refractivity contribution in [3.63, 3.8) is 0 Å². The Labute approximate surface area is 119 Å². The summed E-state index contributed by atoms with van der Waals surface area (Å²) in [5, 5.41) is 3.66. The van der Waals surface area contributed by atoms with Crippen LogP contribution < -0.4 is 5.32 Å². The maximum absolute atomic E-state index is 5.95. The molecule has 1 heterocycles. The van der Waals surface area contributed by atoms with Crippen LogP contribution in [0.1, 0.15) is 37.6 Å². The number of hydrogen-bond donors (Lipinski definition) is 1. The fourth-order valence-electron chi connectivity index (χ4n) is 1.97. The van der Waals surface area contributed by atoms with Crippen molar-refractivity contribution < 1.29 is 0 Å². The molecule has 100 valence electrons. The van der Waals surface area contributed by atoms with Gasteiger partial charge in [0.25, 0.3) is 0 Å². The Bertz CT molecular complexity index is 528. The first kappa shape index (κ1) is 13.8. The summed E-state index contributed by atoms with van der Waals surface area (Å²) in [6, 6.07) is 12.4. The third-order valence-electron chi connectivity index (χ3n) is 2.92. The van der Waals surface area contributed by atoms with E-state index in [4.69, 9.17) is 11.6 Å². The molecule has 0 saturated heterocycles. The topological polar surface area (TPSA) is 37.8 Å². The highest BCUT2D eigenvalue weighted by molar-refractivity contribution is 6.28. The fourth-order valence-corrected chi connectivity index (χ4v) is 2.17. The maximum atomic E-state index is 5.95. The predicted molar refractivity (Wildman–Crippen MR) is 79.5 cm³/mol. The molecule has 1 unspecified atom stereocenters. The molecule has 0 radical (unpaired) electrons. The molecule has 1 atom stereocenters. The van der Waals surface area contributed by atoms with Gasteiger partial charge in [0, 0.05) is 17.8 Å². The average Bonchev–Trinajstić information content (AvgIpc) is 2.39. The number of nitrogens with zero attached hydrogens (tertiary/aromatic N) is 2. The van der Waals surface area contributed by atoms with E-state index in [2.05, 4.69) is 41.3 Å². The Kier molecular flexibility index (Phi) is 4.74. The van der Waals surface area contributed by atoms with Crippen LogP contribution in [0.15, 0.2) is 36.4 Å². The van der Waals surface area contributed by atoms with E-state index in [1.165, 1.54) is 5.56 Å². The molecule has 1 aromatic carbocycles. The van der Waals surface area contributed by atoms with Gasteiger partial charge in [-0.1, -0.05) is 43.7 Å². The average molecular weight is 276 g/mol. The maximum Gasteiger partial charge on any atom is 0.224 e. The monoisotopic (exact) mass is 275 g/mol. The summed E-state index contributed by atoms with van der Waals surface area (Å²) in [6.07, 6.45) is 1.96.